The first kappa shape index (κ1) is 12.7. The van der Waals surface area contributed by atoms with Gasteiger partial charge in [0.25, 0.3) is 0 Å². The molecule has 1 aromatic heterocycles. The van der Waals surface area contributed by atoms with Gasteiger partial charge in [-0.3, -0.25) is 0 Å². The topological polar surface area (TPSA) is 29.9 Å². The molecule has 0 fully saturated rings. The molecule has 0 saturated carbocycles. The van der Waals surface area contributed by atoms with Gasteiger partial charge in [0, 0.05) is 12.1 Å². The summed E-state index contributed by atoms with van der Waals surface area (Å²) in [7, 11) is 0. The van der Waals surface area contributed by atoms with Gasteiger partial charge in [0.1, 0.15) is 11.6 Å². The van der Waals surface area contributed by atoms with E-state index in [0.717, 1.165) is 35.4 Å². The molecule has 1 unspecified atom stereocenters. The van der Waals surface area contributed by atoms with Gasteiger partial charge < -0.3 is 5.32 Å². The maximum absolute atomic E-state index is 14.0. The number of hydrogen-bond acceptors (Lipinski definition) is 2. The summed E-state index contributed by atoms with van der Waals surface area (Å²) in [6.07, 6.45) is 1.69. The van der Waals surface area contributed by atoms with E-state index in [0.29, 0.717) is 5.56 Å². The first-order chi connectivity index (χ1) is 9.22. The third kappa shape index (κ3) is 2.06. The van der Waals surface area contributed by atoms with Gasteiger partial charge in [-0.15, -0.1) is 0 Å². The van der Waals surface area contributed by atoms with Crippen LogP contribution in [-0.4, -0.2) is 16.3 Å². The Balaban J connectivity index is 2.11. The first-order valence-electron chi connectivity index (χ1n) is 6.47. The number of halogens is 2. The predicted octanol–water partition coefficient (Wildman–Crippen LogP) is 3.75. The summed E-state index contributed by atoms with van der Waals surface area (Å²) in [5, 5.41) is 7.94. The normalized spacial score (nSPS) is 17.9. The van der Waals surface area contributed by atoms with Crippen molar-refractivity contribution in [2.24, 2.45) is 0 Å². The van der Waals surface area contributed by atoms with E-state index < -0.39 is 0 Å². The van der Waals surface area contributed by atoms with Crippen molar-refractivity contribution in [3.63, 3.8) is 0 Å². The van der Waals surface area contributed by atoms with E-state index in [1.165, 1.54) is 6.07 Å². The third-order valence-electron chi connectivity index (χ3n) is 3.52. The van der Waals surface area contributed by atoms with E-state index in [4.69, 9.17) is 0 Å². The molecule has 1 atom stereocenters. The van der Waals surface area contributed by atoms with Crippen molar-refractivity contribution in [3.05, 3.63) is 45.8 Å². The Morgan fingerprint density at radius 1 is 1.47 bits per heavy atom. The highest BCUT2D eigenvalue weighted by atomic mass is 79.9. The molecule has 100 valence electrons. The highest BCUT2D eigenvalue weighted by Gasteiger charge is 2.27. The molecule has 2 aromatic rings. The fourth-order valence-electron chi connectivity index (χ4n) is 2.55. The zero-order valence-electron chi connectivity index (χ0n) is 10.7. The monoisotopic (exact) mass is 323 g/mol. The minimum absolute atomic E-state index is 0.0333. The Bertz CT molecular complexity index is 609. The van der Waals surface area contributed by atoms with Crippen LogP contribution in [0.1, 0.15) is 30.6 Å². The Labute approximate surface area is 119 Å². The van der Waals surface area contributed by atoms with Gasteiger partial charge in [0.2, 0.25) is 0 Å². The number of nitrogens with one attached hydrogen (secondary N) is 1. The molecule has 3 nitrogen and oxygen atoms in total. The Morgan fingerprint density at radius 2 is 2.26 bits per heavy atom. The molecular formula is C14H15BrFN3. The van der Waals surface area contributed by atoms with E-state index >= 15 is 0 Å². The van der Waals surface area contributed by atoms with E-state index in [9.17, 15) is 4.39 Å². The van der Waals surface area contributed by atoms with Gasteiger partial charge in [-0.2, -0.15) is 5.10 Å². The smallest absolute Gasteiger partial charge is 0.139 e. The minimum Gasteiger partial charge on any atom is -0.369 e. The maximum Gasteiger partial charge on any atom is 0.139 e. The van der Waals surface area contributed by atoms with E-state index in [-0.39, 0.29) is 11.9 Å². The molecule has 0 spiro atoms. The van der Waals surface area contributed by atoms with Crippen molar-refractivity contribution in [1.82, 2.24) is 9.78 Å². The Hall–Kier alpha value is -1.36. The largest absolute Gasteiger partial charge is 0.369 e. The lowest BCUT2D eigenvalue weighted by Gasteiger charge is -2.26. The molecule has 1 aliphatic heterocycles. The molecule has 3 rings (SSSR count). The van der Waals surface area contributed by atoms with Crippen LogP contribution >= 0.6 is 15.9 Å². The minimum atomic E-state index is -0.162. The summed E-state index contributed by atoms with van der Waals surface area (Å²) in [6.45, 7) is 2.89. The Kier molecular flexibility index (Phi) is 3.31. The lowest BCUT2D eigenvalue weighted by Crippen LogP contribution is -2.25. The number of anilines is 1. The van der Waals surface area contributed by atoms with Crippen molar-refractivity contribution in [1.29, 1.82) is 0 Å². The number of rotatable bonds is 2. The van der Waals surface area contributed by atoms with Crippen LogP contribution in [0.2, 0.25) is 0 Å². The molecule has 1 aliphatic rings. The predicted molar refractivity (Wildman–Crippen MR) is 77.0 cm³/mol. The van der Waals surface area contributed by atoms with Crippen molar-refractivity contribution in [3.8, 4) is 0 Å². The van der Waals surface area contributed by atoms with Gasteiger partial charge in [-0.1, -0.05) is 25.1 Å². The van der Waals surface area contributed by atoms with Gasteiger partial charge in [0.15, 0.2) is 0 Å². The summed E-state index contributed by atoms with van der Waals surface area (Å²) in [6, 6.07) is 6.91. The highest BCUT2D eigenvalue weighted by Crippen LogP contribution is 2.36. The number of aryl methyl sites for hydroxylation is 1. The van der Waals surface area contributed by atoms with E-state index in [2.05, 4.69) is 33.3 Å². The average molecular weight is 324 g/mol. The second kappa shape index (κ2) is 4.96. The molecule has 0 saturated heterocycles. The Morgan fingerprint density at radius 3 is 3.00 bits per heavy atom. The molecule has 0 aliphatic carbocycles. The molecule has 19 heavy (non-hydrogen) atoms. The summed E-state index contributed by atoms with van der Waals surface area (Å²) in [4.78, 5) is 0. The van der Waals surface area contributed by atoms with Gasteiger partial charge in [-0.25, -0.2) is 9.07 Å². The molecule has 1 aromatic carbocycles. The lowest BCUT2D eigenvalue weighted by atomic mass is 10.0. The van der Waals surface area contributed by atoms with E-state index in [1.807, 2.05) is 16.8 Å². The molecule has 0 radical (unpaired) electrons. The fraction of sp³-hybridized carbons (Fsp3) is 0.357. The van der Waals surface area contributed by atoms with Crippen molar-refractivity contribution in [2.75, 3.05) is 11.9 Å². The number of benzene rings is 1. The van der Waals surface area contributed by atoms with Gasteiger partial charge >= 0.3 is 0 Å². The molecule has 5 heteroatoms. The number of nitrogens with zero attached hydrogens (tertiary/aromatic N) is 2. The van der Waals surface area contributed by atoms with E-state index in [1.54, 1.807) is 6.07 Å². The van der Waals surface area contributed by atoms with Crippen molar-refractivity contribution >= 4 is 21.7 Å². The van der Waals surface area contributed by atoms with Crippen molar-refractivity contribution in [2.45, 2.75) is 25.8 Å². The van der Waals surface area contributed by atoms with Gasteiger partial charge in [0.05, 0.1) is 16.2 Å². The fourth-order valence-corrected chi connectivity index (χ4v) is 3.23. The zero-order valence-corrected chi connectivity index (χ0v) is 12.2. The molecule has 1 N–H and O–H groups in total. The SMILES string of the molecule is CCc1nn2c(c1Br)NCCC2c1ccccc1F. The molecule has 0 bridgehead atoms. The second-order valence-corrected chi connectivity index (χ2v) is 5.45. The highest BCUT2D eigenvalue weighted by molar-refractivity contribution is 9.10. The van der Waals surface area contributed by atoms with Crippen LogP contribution in [0.25, 0.3) is 0 Å². The van der Waals surface area contributed by atoms with Crippen LogP contribution in [0.3, 0.4) is 0 Å². The quantitative estimate of drug-likeness (QED) is 0.912. The summed E-state index contributed by atoms with van der Waals surface area (Å²) >= 11 is 3.58. The third-order valence-corrected chi connectivity index (χ3v) is 4.36. The van der Waals surface area contributed by atoms with Crippen LogP contribution in [0.15, 0.2) is 28.7 Å². The number of hydrogen-bond donors (Lipinski definition) is 1. The van der Waals surface area contributed by atoms with Crippen LogP contribution in [0.5, 0.6) is 0 Å². The number of aromatic nitrogens is 2. The standard InChI is InChI=1S/C14H15BrFN3/c1-2-11-13(15)14-17-8-7-12(19(14)18-11)9-5-3-4-6-10(9)16/h3-6,12,17H,2,7-8H2,1H3. The molecule has 2 heterocycles. The maximum atomic E-state index is 14.0. The van der Waals surface area contributed by atoms with Crippen LogP contribution in [0, 0.1) is 5.82 Å². The van der Waals surface area contributed by atoms with Crippen molar-refractivity contribution < 1.29 is 4.39 Å². The van der Waals surface area contributed by atoms with Crippen LogP contribution in [-0.2, 0) is 6.42 Å². The van der Waals surface area contributed by atoms with Crippen LogP contribution < -0.4 is 5.32 Å². The summed E-state index contributed by atoms with van der Waals surface area (Å²) in [5.74, 6) is 0.793. The molecular weight excluding hydrogens is 309 g/mol. The zero-order chi connectivity index (χ0) is 13.4. The summed E-state index contributed by atoms with van der Waals surface area (Å²) < 4.78 is 16.9. The summed E-state index contributed by atoms with van der Waals surface area (Å²) in [5.41, 5.74) is 1.72. The molecule has 0 amide bonds. The first-order valence-corrected chi connectivity index (χ1v) is 7.26. The average Bonchev–Trinajstić information content (AvgIpc) is 2.76. The van der Waals surface area contributed by atoms with Crippen LogP contribution in [0.4, 0.5) is 10.2 Å². The second-order valence-electron chi connectivity index (χ2n) is 4.66. The number of fused-ring (bicyclic) bond motifs is 1. The van der Waals surface area contributed by atoms with Gasteiger partial charge in [-0.05, 0) is 34.8 Å². The lowest BCUT2D eigenvalue weighted by molar-refractivity contribution is 0.456.